The summed E-state index contributed by atoms with van der Waals surface area (Å²) in [6, 6.07) is 11.8. The van der Waals surface area contributed by atoms with Crippen molar-refractivity contribution in [3.05, 3.63) is 59.2 Å². The van der Waals surface area contributed by atoms with Crippen molar-refractivity contribution in [3.63, 3.8) is 0 Å². The van der Waals surface area contributed by atoms with Crippen LogP contribution in [0.3, 0.4) is 0 Å². The Kier molecular flexibility index (Phi) is 5.81. The molecule has 0 aliphatic carbocycles. The van der Waals surface area contributed by atoms with Gasteiger partial charge in [0.05, 0.1) is 4.90 Å². The molecular formula is C20H23N3O4S. The summed E-state index contributed by atoms with van der Waals surface area (Å²) in [6.45, 7) is 2.91. The van der Waals surface area contributed by atoms with Crippen LogP contribution < -0.4 is 10.0 Å². The molecule has 1 heterocycles. The summed E-state index contributed by atoms with van der Waals surface area (Å²) in [5.41, 5.74) is 2.31. The molecule has 0 bridgehead atoms. The molecule has 1 aliphatic heterocycles. The van der Waals surface area contributed by atoms with E-state index >= 15 is 0 Å². The molecule has 8 heteroatoms. The van der Waals surface area contributed by atoms with E-state index in [1.165, 1.54) is 13.1 Å². The van der Waals surface area contributed by atoms with Crippen LogP contribution in [-0.2, 0) is 21.4 Å². The molecular weight excluding hydrogens is 378 g/mol. The largest absolute Gasteiger partial charge is 0.338 e. The molecule has 0 radical (unpaired) electrons. The van der Waals surface area contributed by atoms with Gasteiger partial charge < -0.3 is 10.2 Å². The third-order valence-electron chi connectivity index (χ3n) is 4.74. The Balaban J connectivity index is 1.77. The number of hydrogen-bond acceptors (Lipinski definition) is 4. The second kappa shape index (κ2) is 8.12. The Morgan fingerprint density at radius 1 is 1.18 bits per heavy atom. The van der Waals surface area contributed by atoms with Crippen molar-refractivity contribution in [2.75, 3.05) is 18.9 Å². The Hall–Kier alpha value is -2.71. The maximum absolute atomic E-state index is 12.6. The second-order valence-corrected chi connectivity index (χ2v) is 8.62. The molecule has 1 saturated heterocycles. The van der Waals surface area contributed by atoms with Crippen molar-refractivity contribution in [2.45, 2.75) is 31.2 Å². The van der Waals surface area contributed by atoms with Crippen molar-refractivity contribution >= 4 is 27.5 Å². The van der Waals surface area contributed by atoms with E-state index in [1.807, 2.05) is 6.07 Å². The molecule has 2 amide bonds. The molecule has 1 aliphatic rings. The topological polar surface area (TPSA) is 95.6 Å². The normalized spacial score (nSPS) is 14.4. The summed E-state index contributed by atoms with van der Waals surface area (Å²) in [5, 5.41) is 2.74. The van der Waals surface area contributed by atoms with Crippen LogP contribution in [-0.4, -0.2) is 38.7 Å². The Morgan fingerprint density at radius 2 is 1.96 bits per heavy atom. The van der Waals surface area contributed by atoms with E-state index in [0.717, 1.165) is 18.5 Å². The number of hydrogen-bond donors (Lipinski definition) is 2. The van der Waals surface area contributed by atoms with Crippen molar-refractivity contribution in [3.8, 4) is 0 Å². The van der Waals surface area contributed by atoms with Crippen LogP contribution in [0.5, 0.6) is 0 Å². The van der Waals surface area contributed by atoms with Gasteiger partial charge in [-0.15, -0.1) is 0 Å². The van der Waals surface area contributed by atoms with Crippen LogP contribution in [0.15, 0.2) is 47.4 Å². The molecule has 2 N–H and O–H groups in total. The summed E-state index contributed by atoms with van der Waals surface area (Å²) < 4.78 is 26.5. The summed E-state index contributed by atoms with van der Waals surface area (Å²) in [6.07, 6.45) is 1.44. The monoisotopic (exact) mass is 401 g/mol. The minimum atomic E-state index is -3.62. The van der Waals surface area contributed by atoms with Crippen molar-refractivity contribution in [2.24, 2.45) is 0 Å². The Morgan fingerprint density at radius 3 is 2.64 bits per heavy atom. The van der Waals surface area contributed by atoms with Crippen LogP contribution in [0, 0.1) is 6.92 Å². The molecule has 0 spiro atoms. The van der Waals surface area contributed by atoms with Gasteiger partial charge in [-0.05, 0) is 55.8 Å². The molecule has 7 nitrogen and oxygen atoms in total. The highest BCUT2D eigenvalue weighted by Crippen LogP contribution is 2.21. The molecule has 0 unspecified atom stereocenters. The predicted octanol–water partition coefficient (Wildman–Crippen LogP) is 2.28. The Labute approximate surface area is 164 Å². The van der Waals surface area contributed by atoms with E-state index in [9.17, 15) is 18.0 Å². The fourth-order valence-electron chi connectivity index (χ4n) is 3.18. The smallest absolute Gasteiger partial charge is 0.255 e. The van der Waals surface area contributed by atoms with Crippen LogP contribution in [0.1, 0.15) is 34.3 Å². The van der Waals surface area contributed by atoms with Crippen LogP contribution in [0.4, 0.5) is 5.69 Å². The number of amides is 2. The molecule has 3 rings (SSSR count). The van der Waals surface area contributed by atoms with E-state index in [1.54, 1.807) is 42.2 Å². The number of benzene rings is 2. The van der Waals surface area contributed by atoms with Gasteiger partial charge in [0.2, 0.25) is 15.9 Å². The first-order chi connectivity index (χ1) is 13.3. The standard InChI is InChI=1S/C20H23N3O4S/c1-14-8-9-17(12-18(14)28(26,27)21-2)22-20(25)16-6-3-5-15(11-16)13-23-10-4-7-19(23)24/h3,5-6,8-9,11-12,21H,4,7,10,13H2,1-2H3,(H,22,25). The maximum atomic E-state index is 12.6. The summed E-state index contributed by atoms with van der Waals surface area (Å²) in [5.74, 6) is -0.209. The molecule has 0 aromatic heterocycles. The highest BCUT2D eigenvalue weighted by atomic mass is 32.2. The number of sulfonamides is 1. The summed E-state index contributed by atoms with van der Waals surface area (Å²) >= 11 is 0. The zero-order chi connectivity index (χ0) is 20.3. The first-order valence-electron chi connectivity index (χ1n) is 9.02. The summed E-state index contributed by atoms with van der Waals surface area (Å²) in [4.78, 5) is 26.3. The Bertz CT molecular complexity index is 1020. The number of rotatable bonds is 6. The van der Waals surface area contributed by atoms with Gasteiger partial charge in [-0.25, -0.2) is 13.1 Å². The molecule has 0 atom stereocenters. The van der Waals surface area contributed by atoms with Gasteiger partial charge in [0, 0.05) is 30.8 Å². The average Bonchev–Trinajstić information content (AvgIpc) is 3.08. The lowest BCUT2D eigenvalue weighted by molar-refractivity contribution is -0.128. The van der Waals surface area contributed by atoms with Gasteiger partial charge >= 0.3 is 0 Å². The highest BCUT2D eigenvalue weighted by Gasteiger charge is 2.20. The molecule has 28 heavy (non-hydrogen) atoms. The minimum absolute atomic E-state index is 0.120. The number of carbonyl (C=O) groups excluding carboxylic acids is 2. The molecule has 0 saturated carbocycles. The number of carbonyl (C=O) groups is 2. The fourth-order valence-corrected chi connectivity index (χ4v) is 4.18. The third-order valence-corrected chi connectivity index (χ3v) is 6.29. The van der Waals surface area contributed by atoms with E-state index in [-0.39, 0.29) is 16.7 Å². The average molecular weight is 401 g/mol. The van der Waals surface area contributed by atoms with Crippen LogP contribution >= 0.6 is 0 Å². The van der Waals surface area contributed by atoms with Crippen molar-refractivity contribution in [1.29, 1.82) is 0 Å². The number of nitrogens with zero attached hydrogens (tertiary/aromatic N) is 1. The number of nitrogens with one attached hydrogen (secondary N) is 2. The third kappa shape index (κ3) is 4.40. The van der Waals surface area contributed by atoms with E-state index in [0.29, 0.717) is 29.8 Å². The lowest BCUT2D eigenvalue weighted by atomic mass is 10.1. The quantitative estimate of drug-likeness (QED) is 0.776. The zero-order valence-electron chi connectivity index (χ0n) is 15.9. The number of anilines is 1. The van der Waals surface area contributed by atoms with Gasteiger partial charge in [0.25, 0.3) is 5.91 Å². The number of likely N-dealkylation sites (tertiary alicyclic amines) is 1. The van der Waals surface area contributed by atoms with Gasteiger partial charge in [-0.2, -0.15) is 0 Å². The fraction of sp³-hybridized carbons (Fsp3) is 0.300. The van der Waals surface area contributed by atoms with Gasteiger partial charge in [0.1, 0.15) is 0 Å². The first kappa shape index (κ1) is 20.0. The van der Waals surface area contributed by atoms with Crippen LogP contribution in [0.25, 0.3) is 0 Å². The second-order valence-electron chi connectivity index (χ2n) is 6.76. The van der Waals surface area contributed by atoms with E-state index < -0.39 is 10.0 Å². The predicted molar refractivity (Wildman–Crippen MR) is 106 cm³/mol. The summed E-state index contributed by atoms with van der Waals surface area (Å²) in [7, 11) is -2.27. The maximum Gasteiger partial charge on any atom is 0.255 e. The van der Waals surface area contributed by atoms with Crippen LogP contribution in [0.2, 0.25) is 0 Å². The SMILES string of the molecule is CNS(=O)(=O)c1cc(NC(=O)c2cccc(CN3CCCC3=O)c2)ccc1C. The van der Waals surface area contributed by atoms with Crippen molar-refractivity contribution < 1.29 is 18.0 Å². The highest BCUT2D eigenvalue weighted by molar-refractivity contribution is 7.89. The van der Waals surface area contributed by atoms with E-state index in [4.69, 9.17) is 0 Å². The van der Waals surface area contributed by atoms with Crippen molar-refractivity contribution in [1.82, 2.24) is 9.62 Å². The lowest BCUT2D eigenvalue weighted by Crippen LogP contribution is -2.24. The van der Waals surface area contributed by atoms with E-state index in [2.05, 4.69) is 10.0 Å². The molecule has 2 aromatic rings. The number of aryl methyl sites for hydroxylation is 1. The first-order valence-corrected chi connectivity index (χ1v) is 10.5. The molecule has 2 aromatic carbocycles. The molecule has 148 valence electrons. The van der Waals surface area contributed by atoms with Gasteiger partial charge in [-0.3, -0.25) is 9.59 Å². The van der Waals surface area contributed by atoms with Gasteiger partial charge in [0.15, 0.2) is 0 Å². The molecule has 1 fully saturated rings. The minimum Gasteiger partial charge on any atom is -0.338 e. The zero-order valence-corrected chi connectivity index (χ0v) is 16.7. The van der Waals surface area contributed by atoms with Gasteiger partial charge in [-0.1, -0.05) is 18.2 Å². The lowest BCUT2D eigenvalue weighted by Gasteiger charge is -2.16.